The van der Waals surface area contributed by atoms with E-state index in [9.17, 15) is 0 Å². The van der Waals surface area contributed by atoms with Gasteiger partial charge in [0.05, 0.1) is 33.5 Å². The molecule has 6 heteroatoms. The fourth-order valence-corrected chi connectivity index (χ4v) is 16.4. The Balaban J connectivity index is 0.000000111. The molecule has 0 saturated carbocycles. The molecule has 0 bridgehead atoms. The Kier molecular flexibility index (Phi) is 13.1. The van der Waals surface area contributed by atoms with Gasteiger partial charge in [0.25, 0.3) is 0 Å². The second-order valence-corrected chi connectivity index (χ2v) is 26.9. The van der Waals surface area contributed by atoms with Crippen molar-refractivity contribution < 1.29 is 0 Å². The van der Waals surface area contributed by atoms with Crippen molar-refractivity contribution in [2.45, 2.75) is 6.42 Å². The Morgan fingerprint density at radius 3 is 1.34 bits per heavy atom. The fraction of sp³-hybridized carbons (Fsp3) is 0.0108. The summed E-state index contributed by atoms with van der Waals surface area (Å²) in [5.74, 6) is 1.47. The number of nitrogens with zero attached hydrogens (tertiary/aromatic N) is 5. The van der Waals surface area contributed by atoms with E-state index in [1.807, 2.05) is 72.8 Å². The minimum Gasteiger partial charge on any atom is -0.309 e. The lowest BCUT2D eigenvalue weighted by Gasteiger charge is -2.13. The number of hydrogen-bond acceptors (Lipinski definition) is 4. The predicted octanol–water partition coefficient (Wildman–Crippen LogP) is 25.0. The molecule has 3 heterocycles. The van der Waals surface area contributed by atoms with Gasteiger partial charge in [0, 0.05) is 59.3 Å². The lowest BCUT2D eigenvalue weighted by Crippen LogP contribution is -1.97. The molecule has 0 atom stereocenters. The summed E-state index contributed by atoms with van der Waals surface area (Å²) in [6.07, 6.45) is 1.03. The maximum absolute atomic E-state index is 5.14. The first kappa shape index (κ1) is 56.8. The van der Waals surface area contributed by atoms with Crippen molar-refractivity contribution in [2.24, 2.45) is 0 Å². The first-order chi connectivity index (χ1) is 49.0. The Morgan fingerprint density at radius 2 is 0.737 bits per heavy atom. The Hall–Kier alpha value is -12.5. The van der Waals surface area contributed by atoms with Crippen LogP contribution in [0.25, 0.3) is 193 Å². The van der Waals surface area contributed by atoms with Gasteiger partial charge in [0.1, 0.15) is 0 Å². The zero-order valence-corrected chi connectivity index (χ0v) is 55.1. The van der Waals surface area contributed by atoms with Crippen LogP contribution in [-0.4, -0.2) is 24.5 Å². The summed E-state index contributed by atoms with van der Waals surface area (Å²) < 4.78 is 3.51. The van der Waals surface area contributed by atoms with Gasteiger partial charge in [0.15, 0.2) is 11.6 Å². The quantitative estimate of drug-likeness (QED) is 0.172. The fourth-order valence-electron chi connectivity index (χ4n) is 16.1. The van der Waals surface area contributed by atoms with Crippen LogP contribution in [0.5, 0.6) is 0 Å². The van der Waals surface area contributed by atoms with E-state index in [2.05, 4.69) is 275 Å². The van der Waals surface area contributed by atoms with E-state index in [1.165, 1.54) is 132 Å². The van der Waals surface area contributed by atoms with Crippen molar-refractivity contribution in [3.8, 4) is 107 Å². The normalized spacial score (nSPS) is 12.1. The van der Waals surface area contributed by atoms with Gasteiger partial charge in [-0.1, -0.05) is 277 Å². The molecule has 0 saturated heterocycles. The van der Waals surface area contributed by atoms with Crippen molar-refractivity contribution in [3.63, 3.8) is 0 Å². The summed E-state index contributed by atoms with van der Waals surface area (Å²) >= 11 is 3.47. The van der Waals surface area contributed by atoms with Gasteiger partial charge >= 0.3 is 0 Å². The molecule has 19 aromatic rings. The van der Waals surface area contributed by atoms with Gasteiger partial charge < -0.3 is 4.57 Å². The number of para-hydroxylation sites is 2. The highest BCUT2D eigenvalue weighted by atomic mass is 79.9. The van der Waals surface area contributed by atoms with Crippen LogP contribution in [-0.2, 0) is 6.42 Å². The summed E-state index contributed by atoms with van der Waals surface area (Å²) in [6.45, 7) is 0. The molecule has 5 nitrogen and oxygen atoms in total. The van der Waals surface area contributed by atoms with E-state index in [4.69, 9.17) is 19.9 Å². The molecule has 0 radical (unpaired) electrons. The average Bonchev–Trinajstić information content (AvgIpc) is 1.55. The molecule has 0 unspecified atom stereocenters. The molecule has 3 aliphatic carbocycles. The zero-order chi connectivity index (χ0) is 65.2. The molecule has 0 amide bonds. The highest BCUT2D eigenvalue weighted by Crippen LogP contribution is 2.55. The summed E-state index contributed by atoms with van der Waals surface area (Å²) in [5, 5.41) is 15.4. The minimum atomic E-state index is 0.723. The summed E-state index contributed by atoms with van der Waals surface area (Å²) in [5.41, 5.74) is 28.2. The lowest BCUT2D eigenvalue weighted by atomic mass is 9.92. The highest BCUT2D eigenvalue weighted by molar-refractivity contribution is 9.10. The predicted molar refractivity (Wildman–Crippen MR) is 416 cm³/mol. The molecular weight excluding hydrogens is 1270 g/mol. The summed E-state index contributed by atoms with van der Waals surface area (Å²) in [7, 11) is 0. The smallest absolute Gasteiger partial charge is 0.160 e. The maximum atomic E-state index is 5.14. The van der Waals surface area contributed by atoms with Crippen molar-refractivity contribution in [1.29, 1.82) is 0 Å². The van der Waals surface area contributed by atoms with Gasteiger partial charge in [-0.05, 0) is 178 Å². The lowest BCUT2D eigenvalue weighted by molar-refractivity contribution is 1.18. The molecule has 0 fully saturated rings. The largest absolute Gasteiger partial charge is 0.309 e. The van der Waals surface area contributed by atoms with Crippen LogP contribution in [0.3, 0.4) is 0 Å². The monoisotopic (exact) mass is 1320 g/mol. The SMILES string of the molecule is Brc1ccc(-c2nc(-c3ccccc3)c3ccccc3n2)cc1.c1ccc(-c2nc(-c3ccc(-n4c5ccc6ccccc6c5c5cc6c7c(cccc7c54)-c4ccccc4-6)cc3)nc3ccccc23)cc1.c1ccc2c(c1)-c1cccc3c4c(cc-2c13)-c1c(ccc2ccccc12)C4. The topological polar surface area (TPSA) is 56.5 Å². The van der Waals surface area contributed by atoms with Crippen molar-refractivity contribution in [3.05, 3.63) is 343 Å². The Morgan fingerprint density at radius 1 is 0.283 bits per heavy atom. The van der Waals surface area contributed by atoms with Crippen LogP contribution < -0.4 is 0 Å². The molecule has 0 spiro atoms. The first-order valence-electron chi connectivity index (χ1n) is 33.7. The molecular formula is C93H56BrN5. The highest BCUT2D eigenvalue weighted by Gasteiger charge is 2.30. The van der Waals surface area contributed by atoms with Gasteiger partial charge in [-0.2, -0.15) is 0 Å². The molecule has 3 aliphatic rings. The second kappa shape index (κ2) is 22.8. The molecule has 0 aliphatic heterocycles. The van der Waals surface area contributed by atoms with Gasteiger partial charge in [-0.3, -0.25) is 0 Å². The van der Waals surface area contributed by atoms with Gasteiger partial charge in [0.2, 0.25) is 0 Å². The van der Waals surface area contributed by atoms with E-state index in [1.54, 1.807) is 0 Å². The number of hydrogen-bond donors (Lipinski definition) is 0. The summed E-state index contributed by atoms with van der Waals surface area (Å²) in [4.78, 5) is 19.7. The van der Waals surface area contributed by atoms with E-state index in [0.717, 1.165) is 83.7 Å². The Labute approximate surface area is 579 Å². The third-order valence-corrected chi connectivity index (χ3v) is 21.0. The van der Waals surface area contributed by atoms with Crippen LogP contribution in [0.1, 0.15) is 11.1 Å². The second-order valence-electron chi connectivity index (χ2n) is 25.9. The van der Waals surface area contributed by atoms with Crippen LogP contribution in [0.2, 0.25) is 0 Å². The molecule has 3 aromatic heterocycles. The summed E-state index contributed by atoms with van der Waals surface area (Å²) in [6, 6.07) is 117. The number of fused-ring (bicyclic) bond motifs is 20. The van der Waals surface area contributed by atoms with Crippen LogP contribution in [0.4, 0.5) is 0 Å². The molecule has 22 rings (SSSR count). The standard InChI is InChI=1S/C46H27N3.C27H16.C20H13BrN2/c1-2-12-29(13-3-1)44-36-17-8-9-20-40(36)47-46(48-44)30-21-24-31(25-22-30)49-41-26-23-28-11-4-5-14-32(28)43(41)39-27-38-34-16-7-6-15-33(34)35-18-10-19-37(42(35)38)45(39)49;1-2-7-18-16(6-1)12-13-17-14-23-22-11-5-10-21-19-8-3-4-9-20(19)24(27(21)22)15-25(23)26(17)18;21-16-12-10-15(11-13-16)20-22-18-9-5-4-8-17(18)19(23-20)14-6-2-1-3-7-14/h1-27H;1-13,15H,14H2;1-13H. The number of halogens is 1. The van der Waals surface area contributed by atoms with E-state index >= 15 is 0 Å². The molecule has 0 N–H and O–H groups in total. The van der Waals surface area contributed by atoms with Crippen molar-refractivity contribution in [1.82, 2.24) is 24.5 Å². The van der Waals surface area contributed by atoms with Crippen LogP contribution >= 0.6 is 15.9 Å². The third kappa shape index (κ3) is 9.14. The van der Waals surface area contributed by atoms with E-state index in [0.29, 0.717) is 0 Å². The third-order valence-electron chi connectivity index (χ3n) is 20.5. The number of rotatable bonds is 5. The van der Waals surface area contributed by atoms with Crippen LogP contribution in [0, 0.1) is 0 Å². The molecule has 460 valence electrons. The molecule has 99 heavy (non-hydrogen) atoms. The van der Waals surface area contributed by atoms with Crippen LogP contribution in [0.15, 0.2) is 332 Å². The number of benzene rings is 16. The van der Waals surface area contributed by atoms with E-state index < -0.39 is 0 Å². The van der Waals surface area contributed by atoms with Crippen molar-refractivity contribution >= 4 is 103 Å². The zero-order valence-electron chi connectivity index (χ0n) is 53.5. The molecule has 16 aromatic carbocycles. The maximum Gasteiger partial charge on any atom is 0.160 e. The van der Waals surface area contributed by atoms with E-state index in [-0.39, 0.29) is 0 Å². The van der Waals surface area contributed by atoms with Gasteiger partial charge in [-0.25, -0.2) is 19.9 Å². The first-order valence-corrected chi connectivity index (χ1v) is 34.5. The Bertz CT molecular complexity index is 6560. The van der Waals surface area contributed by atoms with Crippen molar-refractivity contribution in [2.75, 3.05) is 0 Å². The average molecular weight is 1320 g/mol. The van der Waals surface area contributed by atoms with Gasteiger partial charge in [-0.15, -0.1) is 0 Å². The minimum absolute atomic E-state index is 0.723. The number of aromatic nitrogens is 5.